The first kappa shape index (κ1) is 17.4. The van der Waals surface area contributed by atoms with Crippen molar-refractivity contribution >= 4 is 22.4 Å². The number of nitrogens with zero attached hydrogens (tertiary/aromatic N) is 1. The highest BCUT2D eigenvalue weighted by molar-refractivity contribution is 6.05. The Morgan fingerprint density at radius 2 is 1.85 bits per heavy atom. The molecule has 1 amide bonds. The molecular weight excluding hydrogens is 346 g/mol. The second-order valence-electron chi connectivity index (χ2n) is 5.34. The maximum Gasteiger partial charge on any atom is 0.291 e. The van der Waals surface area contributed by atoms with Crippen molar-refractivity contribution in [1.82, 2.24) is 4.73 Å². The first-order valence-electron chi connectivity index (χ1n) is 7.49. The molecule has 0 aliphatic heterocycles. The summed E-state index contributed by atoms with van der Waals surface area (Å²) in [5.74, 6) is -2.00. The van der Waals surface area contributed by atoms with Crippen LogP contribution in [0.2, 0.25) is 0 Å². The molecule has 0 bridgehead atoms. The molecule has 0 aliphatic carbocycles. The second kappa shape index (κ2) is 6.83. The van der Waals surface area contributed by atoms with Crippen LogP contribution in [0.1, 0.15) is 10.5 Å². The van der Waals surface area contributed by atoms with Crippen molar-refractivity contribution < 1.29 is 23.1 Å². The molecule has 1 heterocycles. The Hall–Kier alpha value is -3.42. The summed E-state index contributed by atoms with van der Waals surface area (Å²) >= 11 is 0. The fourth-order valence-electron chi connectivity index (χ4n) is 2.52. The summed E-state index contributed by atoms with van der Waals surface area (Å²) in [5.41, 5.74) is -0.934. The van der Waals surface area contributed by atoms with Crippen molar-refractivity contribution in [2.24, 2.45) is 0 Å². The van der Waals surface area contributed by atoms with Gasteiger partial charge in [-0.2, -0.15) is 0 Å². The molecule has 3 aromatic rings. The lowest BCUT2D eigenvalue weighted by Crippen LogP contribution is -2.32. The van der Waals surface area contributed by atoms with E-state index < -0.39 is 23.1 Å². The van der Waals surface area contributed by atoms with Crippen LogP contribution in [0, 0.1) is 11.6 Å². The van der Waals surface area contributed by atoms with Gasteiger partial charge in [0.25, 0.3) is 11.5 Å². The van der Waals surface area contributed by atoms with E-state index in [9.17, 15) is 18.4 Å². The van der Waals surface area contributed by atoms with Crippen LogP contribution in [0.4, 0.5) is 14.5 Å². The number of hydrogen-bond donors (Lipinski definition) is 1. The van der Waals surface area contributed by atoms with Gasteiger partial charge in [0.15, 0.2) is 0 Å². The molecule has 0 saturated heterocycles. The predicted octanol–water partition coefficient (Wildman–Crippen LogP) is 2.60. The van der Waals surface area contributed by atoms with Crippen molar-refractivity contribution in [3.63, 3.8) is 0 Å². The maximum absolute atomic E-state index is 13.8. The van der Waals surface area contributed by atoms with Crippen LogP contribution in [0.25, 0.3) is 10.8 Å². The number of benzene rings is 2. The molecule has 134 valence electrons. The number of aromatic nitrogens is 1. The summed E-state index contributed by atoms with van der Waals surface area (Å²) in [5, 5.41) is 3.07. The number of carbonyl (C=O) groups excluding carboxylic acids is 1. The lowest BCUT2D eigenvalue weighted by Gasteiger charge is -2.13. The molecule has 0 spiro atoms. The van der Waals surface area contributed by atoms with Gasteiger partial charge >= 0.3 is 0 Å². The van der Waals surface area contributed by atoms with Gasteiger partial charge in [-0.15, -0.1) is 4.73 Å². The van der Waals surface area contributed by atoms with E-state index in [0.717, 1.165) is 16.9 Å². The van der Waals surface area contributed by atoms with Crippen LogP contribution in [-0.4, -0.2) is 24.9 Å². The Kier molecular flexibility index (Phi) is 4.57. The number of anilines is 1. The van der Waals surface area contributed by atoms with Crippen LogP contribution >= 0.6 is 0 Å². The second-order valence-corrected chi connectivity index (χ2v) is 5.34. The monoisotopic (exact) mass is 360 g/mol. The van der Waals surface area contributed by atoms with Crippen molar-refractivity contribution in [1.29, 1.82) is 0 Å². The zero-order valence-corrected chi connectivity index (χ0v) is 13.9. The minimum atomic E-state index is -0.938. The fourth-order valence-corrected chi connectivity index (χ4v) is 2.52. The highest BCUT2D eigenvalue weighted by Gasteiger charge is 2.18. The lowest BCUT2D eigenvalue weighted by molar-refractivity contribution is 0.0952. The molecule has 8 heteroatoms. The third kappa shape index (κ3) is 3.08. The van der Waals surface area contributed by atoms with Gasteiger partial charge in [-0.1, -0.05) is 0 Å². The van der Waals surface area contributed by atoms with Crippen LogP contribution in [0.15, 0.2) is 47.3 Å². The highest BCUT2D eigenvalue weighted by atomic mass is 19.1. The van der Waals surface area contributed by atoms with Crippen LogP contribution in [-0.2, 0) is 0 Å². The summed E-state index contributed by atoms with van der Waals surface area (Å²) < 4.78 is 32.7. The Morgan fingerprint density at radius 1 is 1.08 bits per heavy atom. The molecule has 0 saturated carbocycles. The zero-order chi connectivity index (χ0) is 18.8. The number of nitrogens with one attached hydrogen (secondary N) is 1. The quantitative estimate of drug-likeness (QED) is 0.777. The minimum absolute atomic E-state index is 0.151. The molecule has 1 N–H and O–H groups in total. The number of carbonyl (C=O) groups is 1. The molecule has 0 unspecified atom stereocenters. The number of fused-ring (bicyclic) bond motifs is 1. The third-order valence-corrected chi connectivity index (χ3v) is 3.78. The maximum atomic E-state index is 13.8. The van der Waals surface area contributed by atoms with Crippen molar-refractivity contribution in [2.75, 3.05) is 19.5 Å². The van der Waals surface area contributed by atoms with E-state index in [1.807, 2.05) is 0 Å². The normalized spacial score (nSPS) is 10.6. The molecule has 0 fully saturated rings. The summed E-state index contributed by atoms with van der Waals surface area (Å²) in [6.07, 6.45) is 0. The van der Waals surface area contributed by atoms with Crippen LogP contribution < -0.4 is 20.5 Å². The topological polar surface area (TPSA) is 69.6 Å². The summed E-state index contributed by atoms with van der Waals surface area (Å²) in [6.45, 7) is 0. The van der Waals surface area contributed by atoms with Gasteiger partial charge < -0.3 is 14.9 Å². The largest absolute Gasteiger partial charge is 0.497 e. The van der Waals surface area contributed by atoms with E-state index in [2.05, 4.69) is 5.32 Å². The van der Waals surface area contributed by atoms with E-state index in [4.69, 9.17) is 9.57 Å². The first-order valence-corrected chi connectivity index (χ1v) is 7.49. The first-order chi connectivity index (χ1) is 12.4. The SMILES string of the molecule is COc1ccc2c(=O)n(OC)c(C(=O)Nc3ccc(F)cc3F)cc2c1. The van der Waals surface area contributed by atoms with Gasteiger partial charge in [0.05, 0.1) is 18.2 Å². The Balaban J connectivity index is 2.10. The molecule has 26 heavy (non-hydrogen) atoms. The zero-order valence-electron chi connectivity index (χ0n) is 13.9. The average molecular weight is 360 g/mol. The predicted molar refractivity (Wildman–Crippen MR) is 91.6 cm³/mol. The van der Waals surface area contributed by atoms with E-state index >= 15 is 0 Å². The summed E-state index contributed by atoms with van der Waals surface area (Å²) in [4.78, 5) is 30.1. The van der Waals surface area contributed by atoms with Crippen LogP contribution in [0.5, 0.6) is 5.75 Å². The number of hydrogen-bond acceptors (Lipinski definition) is 4. The van der Waals surface area contributed by atoms with Gasteiger partial charge in [-0.25, -0.2) is 8.78 Å². The van der Waals surface area contributed by atoms with Crippen molar-refractivity contribution in [3.05, 3.63) is 70.1 Å². The van der Waals surface area contributed by atoms with Gasteiger partial charge in [0.2, 0.25) is 0 Å². The van der Waals surface area contributed by atoms with Gasteiger partial charge in [-0.05, 0) is 41.8 Å². The van der Waals surface area contributed by atoms with E-state index in [-0.39, 0.29) is 11.4 Å². The number of halogens is 2. The standard InChI is InChI=1S/C18H14F2N2O4/c1-25-12-4-5-13-10(7-12)8-16(22(26-2)18(13)24)17(23)21-15-6-3-11(19)9-14(15)20/h3-9H,1-2H3,(H,21,23). The van der Waals surface area contributed by atoms with E-state index in [1.165, 1.54) is 20.3 Å². The number of rotatable bonds is 4. The number of methoxy groups -OCH3 is 1. The Morgan fingerprint density at radius 3 is 2.50 bits per heavy atom. The molecule has 0 radical (unpaired) electrons. The number of ether oxygens (including phenoxy) is 1. The lowest BCUT2D eigenvalue weighted by atomic mass is 10.1. The van der Waals surface area contributed by atoms with Crippen molar-refractivity contribution in [3.8, 4) is 5.75 Å². The number of amides is 1. The molecule has 2 aromatic carbocycles. The minimum Gasteiger partial charge on any atom is -0.497 e. The molecular formula is C18H14F2N2O4. The van der Waals surface area contributed by atoms with Gasteiger partial charge in [-0.3, -0.25) is 9.59 Å². The Labute approximate surface area is 146 Å². The summed E-state index contributed by atoms with van der Waals surface area (Å²) in [6, 6.07) is 8.90. The van der Waals surface area contributed by atoms with Crippen molar-refractivity contribution in [2.45, 2.75) is 0 Å². The van der Waals surface area contributed by atoms with Gasteiger partial charge in [0, 0.05) is 6.07 Å². The molecule has 6 nitrogen and oxygen atoms in total. The molecule has 0 aliphatic rings. The smallest absolute Gasteiger partial charge is 0.291 e. The summed E-state index contributed by atoms with van der Waals surface area (Å²) in [7, 11) is 2.70. The van der Waals surface area contributed by atoms with Crippen LogP contribution in [0.3, 0.4) is 0 Å². The number of pyridine rings is 1. The Bertz CT molecular complexity index is 1060. The fraction of sp³-hybridized carbons (Fsp3) is 0.111. The molecule has 0 atom stereocenters. The average Bonchev–Trinajstić information content (AvgIpc) is 2.63. The van der Waals surface area contributed by atoms with Gasteiger partial charge in [0.1, 0.15) is 30.2 Å². The van der Waals surface area contributed by atoms with E-state index in [1.54, 1.807) is 18.2 Å². The molecule has 1 aromatic heterocycles. The third-order valence-electron chi connectivity index (χ3n) is 3.78. The highest BCUT2D eigenvalue weighted by Crippen LogP contribution is 2.21. The van der Waals surface area contributed by atoms with E-state index in [0.29, 0.717) is 22.6 Å². The molecule has 3 rings (SSSR count).